The van der Waals surface area contributed by atoms with Crippen molar-refractivity contribution in [2.45, 2.75) is 76.5 Å². The molecule has 0 radical (unpaired) electrons. The Morgan fingerprint density at radius 2 is 1.59 bits per heavy atom. The summed E-state index contributed by atoms with van der Waals surface area (Å²) in [6, 6.07) is 11.7. The van der Waals surface area contributed by atoms with Crippen LogP contribution in [-0.4, -0.2) is 120 Å². The van der Waals surface area contributed by atoms with Crippen molar-refractivity contribution in [1.29, 1.82) is 0 Å². The number of halogens is 4. The van der Waals surface area contributed by atoms with Gasteiger partial charge in [0.15, 0.2) is 0 Å². The SMILES string of the molecule is CNC(=O)C(CCC=O)N1C(=O)c2cc3c(cc2C1=O)CN(CC1CCN(C(=O)C2CC4(C2)CN(c2cc(F)c([C@@H]5c6[nH]c7ccccc7c6CCN5CC(F)F)c(F)c2)C4)CC1)C3. The van der Waals surface area contributed by atoms with Crippen molar-refractivity contribution in [3.63, 3.8) is 0 Å². The van der Waals surface area contributed by atoms with Crippen LogP contribution < -0.4 is 10.2 Å². The average Bonchev–Trinajstić information content (AvgIpc) is 3.90. The maximum absolute atomic E-state index is 16.1. The van der Waals surface area contributed by atoms with Crippen LogP contribution in [0.3, 0.4) is 0 Å². The van der Waals surface area contributed by atoms with E-state index in [0.717, 1.165) is 64.7 Å². The van der Waals surface area contributed by atoms with Crippen LogP contribution in [0.25, 0.3) is 10.9 Å². The number of piperidine rings is 1. The fraction of sp³-hybridized carbons (Fsp3) is 0.479. The Kier molecular flexibility index (Phi) is 10.9. The zero-order valence-electron chi connectivity index (χ0n) is 35.7. The predicted octanol–water partition coefficient (Wildman–Crippen LogP) is 5.82. The van der Waals surface area contributed by atoms with Gasteiger partial charge in [0.05, 0.1) is 23.7 Å². The highest BCUT2D eigenvalue weighted by molar-refractivity contribution is 6.23. The van der Waals surface area contributed by atoms with Gasteiger partial charge in [-0.15, -0.1) is 0 Å². The molecule has 2 atom stereocenters. The van der Waals surface area contributed by atoms with Crippen LogP contribution in [-0.2, 0) is 33.9 Å². The fourth-order valence-corrected chi connectivity index (χ4v) is 11.7. The molecule has 6 heterocycles. The Morgan fingerprint density at radius 3 is 2.22 bits per heavy atom. The summed E-state index contributed by atoms with van der Waals surface area (Å²) in [6.45, 7) is 4.24. The van der Waals surface area contributed by atoms with Gasteiger partial charge in [0.1, 0.15) is 24.0 Å². The molecule has 1 unspecified atom stereocenters. The van der Waals surface area contributed by atoms with Crippen LogP contribution in [0.4, 0.5) is 23.2 Å². The first kappa shape index (κ1) is 42.3. The number of nitrogens with one attached hydrogen (secondary N) is 2. The number of hydrogen-bond donors (Lipinski definition) is 2. The summed E-state index contributed by atoms with van der Waals surface area (Å²) in [5.74, 6) is -2.61. The molecular weight excluding hydrogens is 831 g/mol. The van der Waals surface area contributed by atoms with Crippen molar-refractivity contribution in [3.05, 3.63) is 99.2 Å². The van der Waals surface area contributed by atoms with E-state index in [1.165, 1.54) is 24.1 Å². The van der Waals surface area contributed by atoms with Gasteiger partial charge in [-0.05, 0) is 91.5 Å². The van der Waals surface area contributed by atoms with Crippen LogP contribution in [0.1, 0.15) is 93.2 Å². The number of anilines is 1. The summed E-state index contributed by atoms with van der Waals surface area (Å²) in [4.78, 5) is 76.1. The van der Waals surface area contributed by atoms with Crippen molar-refractivity contribution in [3.8, 4) is 0 Å². The Labute approximate surface area is 367 Å². The summed E-state index contributed by atoms with van der Waals surface area (Å²) in [6.07, 6.45) is 1.78. The molecule has 10 rings (SSSR count). The second-order valence-corrected chi connectivity index (χ2v) is 18.8. The molecular formula is C48H51F4N7O5. The molecule has 4 aromatic rings. The van der Waals surface area contributed by atoms with Gasteiger partial charge < -0.3 is 24.9 Å². The maximum Gasteiger partial charge on any atom is 0.262 e. The largest absolute Gasteiger partial charge is 0.370 e. The van der Waals surface area contributed by atoms with Crippen LogP contribution in [0.15, 0.2) is 48.5 Å². The quantitative estimate of drug-likeness (QED) is 0.104. The number of fused-ring (bicyclic) bond motifs is 5. The van der Waals surface area contributed by atoms with E-state index < -0.39 is 54.4 Å². The number of alkyl halides is 2. The first-order valence-electron chi connectivity index (χ1n) is 22.4. The lowest BCUT2D eigenvalue weighted by atomic mass is 9.57. The van der Waals surface area contributed by atoms with E-state index in [1.54, 1.807) is 12.1 Å². The molecule has 2 saturated heterocycles. The number of aromatic amines is 1. The number of H-pyrrole nitrogens is 1. The van der Waals surface area contributed by atoms with Crippen LogP contribution >= 0.6 is 0 Å². The van der Waals surface area contributed by atoms with Crippen LogP contribution in [0, 0.1) is 28.9 Å². The average molecular weight is 882 g/mol. The molecule has 5 aliphatic heterocycles. The normalized spacial score (nSPS) is 21.6. The second kappa shape index (κ2) is 16.4. The van der Waals surface area contributed by atoms with Crippen molar-refractivity contribution in [2.75, 3.05) is 57.8 Å². The molecule has 1 spiro atoms. The number of likely N-dealkylation sites (N-methyl/N-ethyl adjacent to an activating group) is 1. The number of likely N-dealkylation sites (tertiary alicyclic amines) is 1. The van der Waals surface area contributed by atoms with E-state index >= 15 is 8.78 Å². The molecule has 1 saturated carbocycles. The van der Waals surface area contributed by atoms with E-state index in [0.29, 0.717) is 69.3 Å². The van der Waals surface area contributed by atoms with Crippen molar-refractivity contribution < 1.29 is 41.5 Å². The highest BCUT2D eigenvalue weighted by Gasteiger charge is 2.55. The van der Waals surface area contributed by atoms with Crippen molar-refractivity contribution in [1.82, 2.24) is 29.9 Å². The Hall–Kier alpha value is -5.61. The Bertz CT molecular complexity index is 2490. The number of imide groups is 1. The van der Waals surface area contributed by atoms with Gasteiger partial charge in [0, 0.05) is 105 Å². The topological polar surface area (TPSA) is 129 Å². The molecule has 336 valence electrons. The first-order valence-corrected chi connectivity index (χ1v) is 22.4. The predicted molar refractivity (Wildman–Crippen MR) is 229 cm³/mol. The van der Waals surface area contributed by atoms with Gasteiger partial charge in [-0.3, -0.25) is 33.9 Å². The minimum atomic E-state index is -2.66. The molecule has 4 amide bonds. The molecule has 64 heavy (non-hydrogen) atoms. The third-order valence-electron chi connectivity index (χ3n) is 14.9. The van der Waals surface area contributed by atoms with Gasteiger partial charge >= 0.3 is 0 Å². The summed E-state index contributed by atoms with van der Waals surface area (Å²) in [5, 5.41) is 3.43. The minimum Gasteiger partial charge on any atom is -0.370 e. The van der Waals surface area contributed by atoms with E-state index in [9.17, 15) is 32.8 Å². The van der Waals surface area contributed by atoms with Crippen LogP contribution in [0.2, 0.25) is 0 Å². The number of amides is 4. The summed E-state index contributed by atoms with van der Waals surface area (Å²) >= 11 is 0. The molecule has 3 fully saturated rings. The standard InChI is InChI=1S/C48H51F4N7O5/c1-53-44(61)39(7-4-14-60)59-46(63)34-15-28-22-55(23-29(28)16-35(34)47(59)64)21-27-8-11-56(12-9-27)45(62)30-19-48(20-30)25-58(26-48)31-17-36(49)41(37(50)18-31)43-42-33(10-13-57(43)24-40(51)52)32-5-2-3-6-38(32)54-42/h2-3,5-6,14-18,27,30,39-40,43,54H,4,7-13,19-26H2,1H3,(H,53,61)/t39?,43-/m1/s1. The zero-order valence-corrected chi connectivity index (χ0v) is 35.7. The lowest BCUT2D eigenvalue weighted by molar-refractivity contribution is -0.146. The van der Waals surface area contributed by atoms with Gasteiger partial charge in [0.2, 0.25) is 11.8 Å². The van der Waals surface area contributed by atoms with Gasteiger partial charge in [-0.2, -0.15) is 0 Å². The number of rotatable bonds is 12. The highest BCUT2D eigenvalue weighted by Crippen LogP contribution is 2.54. The number of carbonyl (C=O) groups is 5. The maximum atomic E-state index is 16.1. The molecule has 6 aliphatic rings. The lowest BCUT2D eigenvalue weighted by Gasteiger charge is -2.60. The van der Waals surface area contributed by atoms with E-state index in [4.69, 9.17) is 0 Å². The Morgan fingerprint density at radius 1 is 0.938 bits per heavy atom. The van der Waals surface area contributed by atoms with Crippen LogP contribution in [0.5, 0.6) is 0 Å². The van der Waals surface area contributed by atoms with Crippen molar-refractivity contribution >= 4 is 46.5 Å². The fourth-order valence-electron chi connectivity index (χ4n) is 11.7. The van der Waals surface area contributed by atoms with E-state index in [1.807, 2.05) is 34.1 Å². The molecule has 3 aromatic carbocycles. The molecule has 1 aromatic heterocycles. The third-order valence-corrected chi connectivity index (χ3v) is 14.9. The highest BCUT2D eigenvalue weighted by atomic mass is 19.3. The summed E-state index contributed by atoms with van der Waals surface area (Å²) in [5.41, 5.74) is 4.86. The van der Waals surface area contributed by atoms with Gasteiger partial charge in [-0.25, -0.2) is 17.6 Å². The zero-order chi connectivity index (χ0) is 44.6. The number of carbonyl (C=O) groups excluding carboxylic acids is 5. The monoisotopic (exact) mass is 881 g/mol. The number of para-hydroxylation sites is 1. The molecule has 2 N–H and O–H groups in total. The van der Waals surface area contributed by atoms with Crippen molar-refractivity contribution in [2.24, 2.45) is 17.3 Å². The number of hydrogen-bond acceptors (Lipinski definition) is 8. The number of aromatic nitrogens is 1. The number of aldehydes is 1. The number of benzene rings is 3. The van der Waals surface area contributed by atoms with Gasteiger partial charge in [-0.1, -0.05) is 18.2 Å². The Balaban J connectivity index is 0.713. The molecule has 12 nitrogen and oxygen atoms in total. The summed E-state index contributed by atoms with van der Waals surface area (Å²) in [7, 11) is 1.43. The van der Waals surface area contributed by atoms with E-state index in [-0.39, 0.29) is 53.3 Å². The molecule has 16 heteroatoms. The number of nitrogens with zero attached hydrogens (tertiary/aromatic N) is 5. The minimum absolute atomic E-state index is 0.0446. The lowest BCUT2D eigenvalue weighted by Crippen LogP contribution is -2.64. The second-order valence-electron chi connectivity index (χ2n) is 18.8. The van der Waals surface area contributed by atoms with E-state index in [2.05, 4.69) is 15.2 Å². The molecule has 0 bridgehead atoms. The molecule has 1 aliphatic carbocycles. The first-order chi connectivity index (χ1) is 30.8. The third kappa shape index (κ3) is 7.26. The summed E-state index contributed by atoms with van der Waals surface area (Å²) < 4.78 is 59.7. The smallest absolute Gasteiger partial charge is 0.262 e. The van der Waals surface area contributed by atoms with Gasteiger partial charge in [0.25, 0.3) is 18.2 Å².